The topological polar surface area (TPSA) is 63.7 Å². The van der Waals surface area contributed by atoms with Gasteiger partial charge in [0.2, 0.25) is 0 Å². The van der Waals surface area contributed by atoms with Crippen LogP contribution in [-0.4, -0.2) is 28.4 Å². The molecule has 1 fully saturated rings. The molecule has 0 spiro atoms. The molecule has 32 heavy (non-hydrogen) atoms. The van der Waals surface area contributed by atoms with Crippen LogP contribution in [0.4, 0.5) is 4.79 Å². The number of amides is 2. The number of carbonyl (C=O) groups is 3. The normalized spacial score (nSPS) is 14.8. The summed E-state index contributed by atoms with van der Waals surface area (Å²) in [4.78, 5) is 39.0. The number of halogens is 1. The van der Waals surface area contributed by atoms with Crippen molar-refractivity contribution in [1.29, 1.82) is 0 Å². The zero-order valence-electron chi connectivity index (χ0n) is 16.9. The van der Waals surface area contributed by atoms with Gasteiger partial charge in [-0.1, -0.05) is 60.1 Å². The second-order valence-corrected chi connectivity index (χ2v) is 8.44. The highest BCUT2D eigenvalue weighted by Crippen LogP contribution is 2.34. The van der Waals surface area contributed by atoms with Gasteiger partial charge in [-0.05, 0) is 53.7 Å². The average molecular weight is 464 g/mol. The van der Waals surface area contributed by atoms with Crippen LogP contribution in [-0.2, 0) is 11.4 Å². The molecule has 0 N–H and O–H groups in total. The molecule has 3 aromatic carbocycles. The number of carbonyl (C=O) groups excluding carboxylic acids is 3. The molecule has 1 aliphatic heterocycles. The fourth-order valence-corrected chi connectivity index (χ4v) is 4.07. The summed E-state index contributed by atoms with van der Waals surface area (Å²) in [6.45, 7) is 0.0541. The van der Waals surface area contributed by atoms with E-state index >= 15 is 0 Å². The molecule has 0 unspecified atom stereocenters. The van der Waals surface area contributed by atoms with Crippen molar-refractivity contribution in [3.05, 3.63) is 105 Å². The lowest BCUT2D eigenvalue weighted by Gasteiger charge is -2.11. The molecule has 0 aromatic heterocycles. The second kappa shape index (κ2) is 9.85. The van der Waals surface area contributed by atoms with Crippen molar-refractivity contribution >= 4 is 46.4 Å². The van der Waals surface area contributed by atoms with Crippen LogP contribution in [0.5, 0.6) is 5.75 Å². The number of imide groups is 1. The first-order valence-corrected chi connectivity index (χ1v) is 11.0. The summed E-state index contributed by atoms with van der Waals surface area (Å²) in [6.07, 6.45) is 1.62. The second-order valence-electron chi connectivity index (χ2n) is 7.01. The number of Topliss-reactive ketones (excluding diaryl/α,β-unsaturated/α-hetero) is 1. The number of nitrogens with zero attached hydrogens (tertiary/aromatic N) is 1. The summed E-state index contributed by atoms with van der Waals surface area (Å²) in [6, 6.07) is 23.4. The van der Waals surface area contributed by atoms with E-state index in [9.17, 15) is 14.4 Å². The van der Waals surface area contributed by atoms with E-state index in [0.29, 0.717) is 28.5 Å². The van der Waals surface area contributed by atoms with Crippen LogP contribution < -0.4 is 4.74 Å². The van der Waals surface area contributed by atoms with Crippen molar-refractivity contribution in [3.63, 3.8) is 0 Å². The first-order valence-electron chi connectivity index (χ1n) is 9.81. The minimum Gasteiger partial charge on any atom is -0.488 e. The predicted molar refractivity (Wildman–Crippen MR) is 126 cm³/mol. The minimum absolute atomic E-state index is 0.245. The first-order chi connectivity index (χ1) is 15.5. The van der Waals surface area contributed by atoms with E-state index in [-0.39, 0.29) is 17.2 Å². The van der Waals surface area contributed by atoms with Gasteiger partial charge < -0.3 is 4.74 Å². The molecule has 0 saturated carbocycles. The monoisotopic (exact) mass is 463 g/mol. The van der Waals surface area contributed by atoms with Gasteiger partial charge in [0.25, 0.3) is 11.1 Å². The average Bonchev–Trinajstić information content (AvgIpc) is 3.07. The standard InChI is InChI=1S/C25H18ClNO4S/c26-20-12-10-18(11-13-20)21(28)15-27-24(29)23(32-25(27)30)14-19-8-4-5-9-22(19)31-16-17-6-2-1-3-7-17/h1-14H,15-16H2. The Labute approximate surface area is 194 Å². The van der Waals surface area contributed by atoms with Crippen molar-refractivity contribution in [2.45, 2.75) is 6.61 Å². The molecule has 0 atom stereocenters. The van der Waals surface area contributed by atoms with Crippen molar-refractivity contribution in [2.75, 3.05) is 6.54 Å². The van der Waals surface area contributed by atoms with Gasteiger partial charge in [-0.2, -0.15) is 0 Å². The lowest BCUT2D eigenvalue weighted by molar-refractivity contribution is -0.122. The van der Waals surface area contributed by atoms with Gasteiger partial charge in [-0.15, -0.1) is 0 Å². The summed E-state index contributed by atoms with van der Waals surface area (Å²) in [5, 5.41) is 0.0232. The smallest absolute Gasteiger partial charge is 0.293 e. The number of ether oxygens (including phenoxy) is 1. The molecule has 1 heterocycles. The lowest BCUT2D eigenvalue weighted by Crippen LogP contribution is -2.33. The Bertz CT molecular complexity index is 1190. The van der Waals surface area contributed by atoms with E-state index in [1.165, 1.54) is 0 Å². The maximum Gasteiger partial charge on any atom is 0.293 e. The first kappa shape index (κ1) is 21.9. The summed E-state index contributed by atoms with van der Waals surface area (Å²) < 4.78 is 5.93. The Morgan fingerprint density at radius 2 is 1.62 bits per heavy atom. The molecule has 3 aromatic rings. The van der Waals surface area contributed by atoms with Crippen LogP contribution in [0.25, 0.3) is 6.08 Å². The van der Waals surface area contributed by atoms with E-state index in [1.807, 2.05) is 54.6 Å². The third-order valence-electron chi connectivity index (χ3n) is 4.78. The molecule has 4 rings (SSSR count). The molecule has 5 nitrogen and oxygen atoms in total. The van der Waals surface area contributed by atoms with Crippen LogP contribution in [0, 0.1) is 0 Å². The van der Waals surface area contributed by atoms with E-state index in [2.05, 4.69) is 0 Å². The van der Waals surface area contributed by atoms with E-state index < -0.39 is 11.1 Å². The third kappa shape index (κ3) is 5.10. The molecule has 2 amide bonds. The fourth-order valence-electron chi connectivity index (χ4n) is 3.11. The highest BCUT2D eigenvalue weighted by atomic mass is 35.5. The number of ketones is 1. The van der Waals surface area contributed by atoms with Crippen LogP contribution in [0.1, 0.15) is 21.5 Å². The summed E-state index contributed by atoms with van der Waals surface area (Å²) >= 11 is 6.66. The quantitative estimate of drug-likeness (QED) is 0.325. The van der Waals surface area contributed by atoms with Gasteiger partial charge in [-0.25, -0.2) is 0 Å². The fraction of sp³-hybridized carbons (Fsp3) is 0.0800. The molecule has 7 heteroatoms. The summed E-state index contributed by atoms with van der Waals surface area (Å²) in [7, 11) is 0. The van der Waals surface area contributed by atoms with Crippen molar-refractivity contribution in [1.82, 2.24) is 4.90 Å². The van der Waals surface area contributed by atoms with Crippen molar-refractivity contribution < 1.29 is 19.1 Å². The van der Waals surface area contributed by atoms with Gasteiger partial charge >= 0.3 is 0 Å². The van der Waals surface area contributed by atoms with E-state index in [1.54, 1.807) is 30.3 Å². The molecule has 1 aliphatic rings. The number of thioether (sulfide) groups is 1. The Hall–Kier alpha value is -3.35. The zero-order valence-corrected chi connectivity index (χ0v) is 18.4. The Balaban J connectivity index is 1.49. The Morgan fingerprint density at radius 1 is 0.938 bits per heavy atom. The van der Waals surface area contributed by atoms with Crippen LogP contribution >= 0.6 is 23.4 Å². The Kier molecular flexibility index (Phi) is 6.73. The number of para-hydroxylation sites is 1. The number of hydrogen-bond donors (Lipinski definition) is 0. The molecule has 1 saturated heterocycles. The third-order valence-corrected chi connectivity index (χ3v) is 5.94. The molecular weight excluding hydrogens is 446 g/mol. The minimum atomic E-state index is -0.500. The van der Waals surface area contributed by atoms with Gasteiger partial charge in [0, 0.05) is 16.1 Å². The molecule has 0 bridgehead atoms. The van der Waals surface area contributed by atoms with Crippen molar-refractivity contribution in [3.8, 4) is 5.75 Å². The van der Waals surface area contributed by atoms with Crippen LogP contribution in [0.2, 0.25) is 5.02 Å². The molecule has 0 aliphatic carbocycles. The highest BCUT2D eigenvalue weighted by Gasteiger charge is 2.36. The number of hydrogen-bond acceptors (Lipinski definition) is 5. The van der Waals surface area contributed by atoms with Gasteiger partial charge in [-0.3, -0.25) is 19.3 Å². The van der Waals surface area contributed by atoms with Gasteiger partial charge in [0.05, 0.1) is 11.4 Å². The lowest BCUT2D eigenvalue weighted by atomic mass is 10.1. The van der Waals surface area contributed by atoms with Crippen molar-refractivity contribution in [2.24, 2.45) is 0 Å². The maximum absolute atomic E-state index is 12.8. The number of rotatable bonds is 7. The highest BCUT2D eigenvalue weighted by molar-refractivity contribution is 8.18. The van der Waals surface area contributed by atoms with E-state index in [4.69, 9.17) is 16.3 Å². The van der Waals surface area contributed by atoms with Gasteiger partial charge in [0.15, 0.2) is 5.78 Å². The molecular formula is C25H18ClNO4S. The maximum atomic E-state index is 12.8. The zero-order chi connectivity index (χ0) is 22.5. The van der Waals surface area contributed by atoms with E-state index in [0.717, 1.165) is 22.2 Å². The predicted octanol–water partition coefficient (Wildman–Crippen LogP) is 5.84. The number of benzene rings is 3. The molecule has 160 valence electrons. The molecule has 0 radical (unpaired) electrons. The summed E-state index contributed by atoms with van der Waals surface area (Å²) in [5.41, 5.74) is 2.08. The SMILES string of the molecule is O=C(CN1C(=O)SC(=Cc2ccccc2OCc2ccccc2)C1=O)c1ccc(Cl)cc1. The summed E-state index contributed by atoms with van der Waals surface area (Å²) in [5.74, 6) is -0.239. The van der Waals surface area contributed by atoms with Gasteiger partial charge in [0.1, 0.15) is 12.4 Å². The largest absolute Gasteiger partial charge is 0.488 e. The van der Waals surface area contributed by atoms with Crippen LogP contribution in [0.3, 0.4) is 0 Å². The Morgan fingerprint density at radius 3 is 2.38 bits per heavy atom. The van der Waals surface area contributed by atoms with Crippen LogP contribution in [0.15, 0.2) is 83.8 Å².